The van der Waals surface area contributed by atoms with Crippen LogP contribution in [-0.2, 0) is 0 Å². The lowest BCUT2D eigenvalue weighted by atomic mass is 10.2. The monoisotopic (exact) mass is 288 g/mol. The molecule has 1 aliphatic rings. The predicted molar refractivity (Wildman–Crippen MR) is 62.1 cm³/mol. The van der Waals surface area contributed by atoms with Crippen LogP contribution in [-0.4, -0.2) is 22.3 Å². The zero-order valence-corrected chi connectivity index (χ0v) is 10.3. The van der Waals surface area contributed by atoms with E-state index in [1.807, 2.05) is 0 Å². The summed E-state index contributed by atoms with van der Waals surface area (Å²) in [7, 11) is 0. The summed E-state index contributed by atoms with van der Waals surface area (Å²) in [5.74, 6) is 0.295. The Morgan fingerprint density at radius 2 is 2.40 bits per heavy atom. The van der Waals surface area contributed by atoms with Crippen LogP contribution in [0, 0.1) is 0 Å². The van der Waals surface area contributed by atoms with Crippen molar-refractivity contribution in [2.24, 2.45) is 0 Å². The number of hydrogen-bond acceptors (Lipinski definition) is 2. The second kappa shape index (κ2) is 4.10. The minimum Gasteiger partial charge on any atom is -0.344 e. The van der Waals surface area contributed by atoms with Gasteiger partial charge in [0.25, 0.3) is 5.91 Å². The molecule has 0 aliphatic heterocycles. The Morgan fingerprint density at radius 1 is 1.67 bits per heavy atom. The quantitative estimate of drug-likeness (QED) is 0.868. The number of amides is 1. The van der Waals surface area contributed by atoms with E-state index in [-0.39, 0.29) is 11.4 Å². The van der Waals surface area contributed by atoms with Gasteiger partial charge in [-0.25, -0.2) is 4.98 Å². The van der Waals surface area contributed by atoms with Crippen LogP contribution in [0.5, 0.6) is 0 Å². The molecule has 15 heavy (non-hydrogen) atoms. The van der Waals surface area contributed by atoms with Crippen molar-refractivity contribution in [3.8, 4) is 0 Å². The zero-order valence-electron chi connectivity index (χ0n) is 7.96. The van der Waals surface area contributed by atoms with Gasteiger partial charge in [-0.2, -0.15) is 0 Å². The van der Waals surface area contributed by atoms with Crippen molar-refractivity contribution in [2.45, 2.75) is 18.4 Å². The maximum Gasteiger partial charge on any atom is 0.271 e. The molecular formula is C10H10BrClN2O. The number of alkyl halides is 1. The largest absolute Gasteiger partial charge is 0.344 e. The number of nitrogens with one attached hydrogen (secondary N) is 1. The van der Waals surface area contributed by atoms with Gasteiger partial charge in [0.05, 0.1) is 5.54 Å². The Balaban J connectivity index is 2.12. The first kappa shape index (κ1) is 10.9. The van der Waals surface area contributed by atoms with Gasteiger partial charge in [-0.3, -0.25) is 4.79 Å². The highest BCUT2D eigenvalue weighted by atomic mass is 79.9. The van der Waals surface area contributed by atoms with Gasteiger partial charge in [-0.1, -0.05) is 0 Å². The van der Waals surface area contributed by atoms with E-state index in [1.165, 1.54) is 0 Å². The van der Waals surface area contributed by atoms with Crippen molar-refractivity contribution < 1.29 is 4.79 Å². The van der Waals surface area contributed by atoms with Gasteiger partial charge < -0.3 is 5.32 Å². The minimum absolute atomic E-state index is 0.166. The number of halogens is 2. The summed E-state index contributed by atoms with van der Waals surface area (Å²) in [6.07, 6.45) is 3.50. The van der Waals surface area contributed by atoms with E-state index in [9.17, 15) is 4.79 Å². The second-order valence-electron chi connectivity index (χ2n) is 3.70. The summed E-state index contributed by atoms with van der Waals surface area (Å²) < 4.78 is 0.702. The van der Waals surface area contributed by atoms with Crippen molar-refractivity contribution in [3.63, 3.8) is 0 Å². The minimum atomic E-state index is -0.185. The van der Waals surface area contributed by atoms with Gasteiger partial charge in [0, 0.05) is 16.5 Å². The Bertz CT molecular complexity index is 393. The molecule has 1 aromatic heterocycles. The molecule has 1 heterocycles. The molecule has 0 atom stereocenters. The predicted octanol–water partition coefficient (Wildman–Crippen LogP) is 2.35. The lowest BCUT2D eigenvalue weighted by molar-refractivity contribution is 0.0930. The van der Waals surface area contributed by atoms with Crippen molar-refractivity contribution in [3.05, 3.63) is 28.5 Å². The Kier molecular flexibility index (Phi) is 2.98. The van der Waals surface area contributed by atoms with Crippen LogP contribution < -0.4 is 5.32 Å². The Labute approximate surface area is 101 Å². The summed E-state index contributed by atoms with van der Waals surface area (Å²) in [6, 6.07) is 3.57. The maximum atomic E-state index is 11.8. The molecule has 80 valence electrons. The molecule has 1 aromatic rings. The number of hydrogen-bond donors (Lipinski definition) is 1. The maximum absolute atomic E-state index is 11.8. The molecular weight excluding hydrogens is 279 g/mol. The molecule has 0 saturated heterocycles. The molecule has 0 unspecified atom stereocenters. The first-order valence-corrected chi connectivity index (χ1v) is 5.99. The molecule has 1 fully saturated rings. The number of rotatable bonds is 3. The second-order valence-corrected chi connectivity index (χ2v) is 4.82. The molecule has 1 aliphatic carbocycles. The summed E-state index contributed by atoms with van der Waals surface area (Å²) in [4.78, 5) is 15.8. The fourth-order valence-corrected chi connectivity index (χ4v) is 2.06. The smallest absolute Gasteiger partial charge is 0.271 e. The van der Waals surface area contributed by atoms with Gasteiger partial charge in [0.15, 0.2) is 0 Å². The standard InChI is InChI=1S/C10H10BrClN2O/c11-7-2-1-5-13-8(7)9(15)14-10(6-12)3-4-10/h1-2,5H,3-4,6H2,(H,14,15). The summed E-state index contributed by atoms with van der Waals surface area (Å²) >= 11 is 9.07. The van der Waals surface area contributed by atoms with Crippen LogP contribution in [0.15, 0.2) is 22.8 Å². The van der Waals surface area contributed by atoms with Gasteiger partial charge in [-0.15, -0.1) is 11.6 Å². The Morgan fingerprint density at radius 3 is 2.93 bits per heavy atom. The third-order valence-electron chi connectivity index (χ3n) is 2.46. The van der Waals surface area contributed by atoms with Crippen LogP contribution in [0.4, 0.5) is 0 Å². The molecule has 0 spiro atoms. The molecule has 1 amide bonds. The average Bonchev–Trinajstić information content (AvgIpc) is 2.99. The van der Waals surface area contributed by atoms with E-state index >= 15 is 0 Å². The van der Waals surface area contributed by atoms with Crippen LogP contribution in [0.1, 0.15) is 23.3 Å². The lowest BCUT2D eigenvalue weighted by Gasteiger charge is -2.13. The molecule has 0 radical (unpaired) electrons. The van der Waals surface area contributed by atoms with Crippen molar-refractivity contribution in [1.82, 2.24) is 10.3 Å². The van der Waals surface area contributed by atoms with Gasteiger partial charge in [-0.05, 0) is 40.9 Å². The fourth-order valence-electron chi connectivity index (χ4n) is 1.30. The molecule has 0 aromatic carbocycles. The van der Waals surface area contributed by atoms with Crippen molar-refractivity contribution in [1.29, 1.82) is 0 Å². The van der Waals surface area contributed by atoms with E-state index in [2.05, 4.69) is 26.2 Å². The molecule has 5 heteroatoms. The number of aromatic nitrogens is 1. The zero-order chi connectivity index (χ0) is 10.9. The highest BCUT2D eigenvalue weighted by Gasteiger charge is 2.43. The number of carbonyl (C=O) groups is 1. The molecule has 0 bridgehead atoms. The number of carbonyl (C=O) groups excluding carboxylic acids is 1. The highest BCUT2D eigenvalue weighted by Crippen LogP contribution is 2.36. The first-order valence-electron chi connectivity index (χ1n) is 4.66. The van der Waals surface area contributed by atoms with Crippen molar-refractivity contribution >= 4 is 33.4 Å². The van der Waals surface area contributed by atoms with Crippen LogP contribution in [0.25, 0.3) is 0 Å². The van der Waals surface area contributed by atoms with Gasteiger partial charge in [0.2, 0.25) is 0 Å². The van der Waals surface area contributed by atoms with E-state index < -0.39 is 0 Å². The number of pyridine rings is 1. The van der Waals surface area contributed by atoms with Crippen LogP contribution >= 0.6 is 27.5 Å². The molecule has 2 rings (SSSR count). The van der Waals surface area contributed by atoms with Crippen LogP contribution in [0.2, 0.25) is 0 Å². The van der Waals surface area contributed by atoms with Crippen LogP contribution in [0.3, 0.4) is 0 Å². The van der Waals surface area contributed by atoms with E-state index in [0.29, 0.717) is 16.0 Å². The number of nitrogens with zero attached hydrogens (tertiary/aromatic N) is 1. The highest BCUT2D eigenvalue weighted by molar-refractivity contribution is 9.10. The summed E-state index contributed by atoms with van der Waals surface area (Å²) in [6.45, 7) is 0. The summed E-state index contributed by atoms with van der Waals surface area (Å²) in [5, 5.41) is 2.91. The third-order valence-corrected chi connectivity index (χ3v) is 3.61. The molecule has 3 nitrogen and oxygen atoms in total. The third kappa shape index (κ3) is 2.32. The normalized spacial score (nSPS) is 17.2. The average molecular weight is 290 g/mol. The van der Waals surface area contributed by atoms with E-state index in [4.69, 9.17) is 11.6 Å². The topological polar surface area (TPSA) is 42.0 Å². The SMILES string of the molecule is O=C(NC1(CCl)CC1)c1ncccc1Br. The molecule has 1 saturated carbocycles. The lowest BCUT2D eigenvalue weighted by Crippen LogP contribution is -2.38. The van der Waals surface area contributed by atoms with Gasteiger partial charge >= 0.3 is 0 Å². The Hall–Kier alpha value is -0.610. The van der Waals surface area contributed by atoms with Crippen molar-refractivity contribution in [2.75, 3.05) is 5.88 Å². The molecule has 1 N–H and O–H groups in total. The van der Waals surface area contributed by atoms with Gasteiger partial charge in [0.1, 0.15) is 5.69 Å². The summed E-state index contributed by atoms with van der Waals surface area (Å²) in [5.41, 5.74) is 0.226. The fraction of sp³-hybridized carbons (Fsp3) is 0.400. The first-order chi connectivity index (χ1) is 7.17. The van der Waals surface area contributed by atoms with E-state index in [1.54, 1.807) is 18.3 Å². The van der Waals surface area contributed by atoms with E-state index in [0.717, 1.165) is 12.8 Å².